The molecule has 4 aromatic heterocycles. The van der Waals surface area contributed by atoms with Crippen LogP contribution in [-0.2, 0) is 32.4 Å². The van der Waals surface area contributed by atoms with Crippen LogP contribution in [0.3, 0.4) is 0 Å². The van der Waals surface area contributed by atoms with E-state index in [0.29, 0.717) is 0 Å². The SMILES string of the molecule is Nc1nc2c(ncn2[C@@H]2O[C@H](CO)C(F)C2OP(=O)(O)OC[C@H]2O[C@@H](n3cnc4c(N)ncnc43)C(OC[PH](=O)O)C2F)c(=O)[nH]1. The molecule has 10 atom stereocenters. The molecule has 2 aliphatic rings. The van der Waals surface area contributed by atoms with Crippen LogP contribution in [0.15, 0.2) is 23.8 Å². The number of aliphatic hydroxyl groups is 1. The second kappa shape index (κ2) is 12.6. The van der Waals surface area contributed by atoms with E-state index in [9.17, 15) is 28.8 Å². The molecular weight excluding hydrogens is 668 g/mol. The van der Waals surface area contributed by atoms with Gasteiger partial charge >= 0.3 is 7.82 Å². The molecule has 46 heavy (non-hydrogen) atoms. The number of nitrogens with one attached hydrogen (secondary N) is 1. The Labute approximate surface area is 254 Å². The number of aromatic nitrogens is 8. The van der Waals surface area contributed by atoms with Crippen molar-refractivity contribution in [1.82, 2.24) is 39.0 Å². The Kier molecular flexibility index (Phi) is 8.89. The molecule has 0 aliphatic carbocycles. The zero-order chi connectivity index (χ0) is 32.9. The number of ether oxygens (including phenoxy) is 3. The van der Waals surface area contributed by atoms with Gasteiger partial charge in [0, 0.05) is 0 Å². The summed E-state index contributed by atoms with van der Waals surface area (Å²) in [5.41, 5.74) is 10.5. The fourth-order valence-corrected chi connectivity index (χ4v) is 6.37. The highest BCUT2D eigenvalue weighted by atomic mass is 31.2. The Morgan fingerprint density at radius 1 is 1.02 bits per heavy atom. The van der Waals surface area contributed by atoms with Crippen molar-refractivity contribution in [3.8, 4) is 0 Å². The lowest BCUT2D eigenvalue weighted by Crippen LogP contribution is -2.33. The van der Waals surface area contributed by atoms with Crippen molar-refractivity contribution in [1.29, 1.82) is 0 Å². The maximum Gasteiger partial charge on any atom is 0.472 e. The third-order valence-electron chi connectivity index (χ3n) is 7.15. The molecule has 4 aromatic rings. The molecule has 6 heterocycles. The number of nitrogen functional groups attached to an aromatic ring is 2. The molecule has 0 bridgehead atoms. The van der Waals surface area contributed by atoms with E-state index in [2.05, 4.69) is 29.9 Å². The quantitative estimate of drug-likeness (QED) is 0.101. The number of phosphoric acid groups is 1. The van der Waals surface area contributed by atoms with Gasteiger partial charge in [-0.25, -0.2) is 33.3 Å². The molecule has 6 rings (SSSR count). The summed E-state index contributed by atoms with van der Waals surface area (Å²) >= 11 is 0. The first-order valence-electron chi connectivity index (χ1n) is 13.2. The molecule has 21 nitrogen and oxygen atoms in total. The number of anilines is 2. The predicted molar refractivity (Wildman–Crippen MR) is 149 cm³/mol. The molecule has 0 saturated carbocycles. The first kappa shape index (κ1) is 32.4. The fourth-order valence-electron chi connectivity index (χ4n) is 5.11. The monoisotopic (exact) mass is 694 g/mol. The van der Waals surface area contributed by atoms with Gasteiger partial charge in [0.25, 0.3) is 5.56 Å². The van der Waals surface area contributed by atoms with Crippen molar-refractivity contribution in [2.24, 2.45) is 0 Å². The van der Waals surface area contributed by atoms with Crippen LogP contribution in [0.4, 0.5) is 20.5 Å². The van der Waals surface area contributed by atoms with E-state index in [-0.39, 0.29) is 34.1 Å². The van der Waals surface area contributed by atoms with Gasteiger partial charge in [0.15, 0.2) is 47.4 Å². The average molecular weight is 694 g/mol. The lowest BCUT2D eigenvalue weighted by Gasteiger charge is -2.24. The second-order valence-corrected chi connectivity index (χ2v) is 12.5. The lowest BCUT2D eigenvalue weighted by atomic mass is 10.1. The molecule has 0 spiro atoms. The van der Waals surface area contributed by atoms with Crippen molar-refractivity contribution in [2.45, 2.75) is 49.2 Å². The molecule has 2 saturated heterocycles. The van der Waals surface area contributed by atoms with Crippen LogP contribution < -0.4 is 17.0 Å². The fraction of sp³-hybridized carbons (Fsp3) is 0.524. The summed E-state index contributed by atoms with van der Waals surface area (Å²) in [5.74, 6) is -0.307. The third kappa shape index (κ3) is 6.01. The Bertz CT molecular complexity index is 1880. The normalized spacial score (nSPS) is 30.3. The largest absolute Gasteiger partial charge is 0.472 e. The van der Waals surface area contributed by atoms with Gasteiger partial charge in [-0.3, -0.25) is 32.5 Å². The van der Waals surface area contributed by atoms with Crippen LogP contribution >= 0.6 is 15.9 Å². The molecule has 0 radical (unpaired) electrons. The summed E-state index contributed by atoms with van der Waals surface area (Å²) in [4.78, 5) is 54.0. The first-order chi connectivity index (χ1) is 21.9. The van der Waals surface area contributed by atoms with Gasteiger partial charge in [-0.2, -0.15) is 4.98 Å². The Hall–Kier alpha value is -3.50. The number of H-pyrrole nitrogens is 1. The minimum Gasteiger partial charge on any atom is -0.394 e. The van der Waals surface area contributed by atoms with Crippen molar-refractivity contribution in [3.63, 3.8) is 0 Å². The summed E-state index contributed by atoms with van der Waals surface area (Å²) in [6.07, 6.45) is -11.3. The molecule has 8 N–H and O–H groups in total. The van der Waals surface area contributed by atoms with Crippen molar-refractivity contribution in [3.05, 3.63) is 29.3 Å². The highest BCUT2D eigenvalue weighted by Crippen LogP contribution is 2.51. The van der Waals surface area contributed by atoms with Crippen molar-refractivity contribution < 1.29 is 56.1 Å². The second-order valence-electron chi connectivity index (χ2n) is 10.1. The lowest BCUT2D eigenvalue weighted by molar-refractivity contribution is -0.0662. The van der Waals surface area contributed by atoms with Gasteiger partial charge in [0.2, 0.25) is 14.0 Å². The Morgan fingerprint density at radius 2 is 1.67 bits per heavy atom. The van der Waals surface area contributed by atoms with Crippen LogP contribution in [0.2, 0.25) is 0 Å². The van der Waals surface area contributed by atoms with Crippen LogP contribution in [0.25, 0.3) is 22.3 Å². The zero-order valence-corrected chi connectivity index (χ0v) is 25.0. The van der Waals surface area contributed by atoms with E-state index in [1.807, 2.05) is 0 Å². The number of hydrogen-bond donors (Lipinski definition) is 6. The minimum absolute atomic E-state index is 0.00761. The number of halogens is 2. The van der Waals surface area contributed by atoms with Gasteiger partial charge in [-0.15, -0.1) is 0 Å². The van der Waals surface area contributed by atoms with E-state index in [1.54, 1.807) is 0 Å². The predicted octanol–water partition coefficient (Wildman–Crippen LogP) is -1.10. The Morgan fingerprint density at radius 3 is 2.39 bits per heavy atom. The molecule has 0 aromatic carbocycles. The topological polar surface area (TPSA) is 300 Å². The van der Waals surface area contributed by atoms with E-state index in [4.69, 9.17) is 34.7 Å². The maximum absolute atomic E-state index is 15.7. The number of fused-ring (bicyclic) bond motifs is 2. The van der Waals surface area contributed by atoms with Gasteiger partial charge in [-0.05, 0) is 0 Å². The standard InChI is InChI=1S/C21H26F2N10O11P2/c22-9-7(1-34)42-20(33-5-29-12-17(33)30-21(25)31-18(12)35)14(9)44-46(38,39)41-2-8-10(23)13(40-6-45(36)37)19(43-8)32-4-28-11-15(24)26-3-27-16(11)32/h3-5,7-10,13-14,19-20,34,45H,1-2,6H2,(H,36,37)(H,38,39)(H2,24,26,27)(H3,25,30,31,35)/t7-,8-,9?,10?,13?,14?,19-,20-/m1/s1. The van der Waals surface area contributed by atoms with E-state index >= 15 is 8.78 Å². The van der Waals surface area contributed by atoms with Crippen LogP contribution in [-0.4, -0.2) is 110 Å². The van der Waals surface area contributed by atoms with Crippen LogP contribution in [0.1, 0.15) is 12.5 Å². The molecular formula is C21H26F2N10O11P2. The molecule has 2 aliphatic heterocycles. The van der Waals surface area contributed by atoms with Gasteiger partial charge in [-0.1, -0.05) is 0 Å². The van der Waals surface area contributed by atoms with Gasteiger partial charge in [0.1, 0.15) is 42.6 Å². The van der Waals surface area contributed by atoms with Crippen molar-refractivity contribution >= 4 is 49.9 Å². The number of rotatable bonds is 11. The molecule has 2 fully saturated rings. The first-order valence-corrected chi connectivity index (χ1v) is 16.3. The van der Waals surface area contributed by atoms with E-state index in [0.717, 1.165) is 17.2 Å². The summed E-state index contributed by atoms with van der Waals surface area (Å²) in [6.45, 7) is -1.82. The van der Waals surface area contributed by atoms with Crippen molar-refractivity contribution in [2.75, 3.05) is 31.0 Å². The molecule has 250 valence electrons. The number of nitrogens with zero attached hydrogens (tertiary/aromatic N) is 7. The van der Waals surface area contributed by atoms with E-state index < -0.39 is 90.2 Å². The molecule has 0 amide bonds. The molecule has 25 heteroatoms. The summed E-state index contributed by atoms with van der Waals surface area (Å²) in [5, 5.41) is 9.61. The van der Waals surface area contributed by atoms with E-state index in [1.165, 1.54) is 10.9 Å². The number of imidazole rings is 2. The number of phosphoric ester groups is 1. The van der Waals surface area contributed by atoms with Gasteiger partial charge in [0.05, 0.1) is 25.9 Å². The van der Waals surface area contributed by atoms with Gasteiger partial charge < -0.3 is 40.6 Å². The van der Waals surface area contributed by atoms with Crippen LogP contribution in [0, 0.1) is 0 Å². The highest BCUT2D eigenvalue weighted by molar-refractivity contribution is 7.47. The maximum atomic E-state index is 15.7. The number of aromatic amines is 1. The number of aliphatic hydroxyl groups excluding tert-OH is 1. The summed E-state index contributed by atoms with van der Waals surface area (Å²) in [6, 6.07) is 0. The number of nitrogens with two attached hydrogens (primary N) is 2. The highest BCUT2D eigenvalue weighted by Gasteiger charge is 2.52. The summed E-state index contributed by atoms with van der Waals surface area (Å²) in [7, 11) is -8.47. The third-order valence-corrected chi connectivity index (χ3v) is 8.55. The smallest absolute Gasteiger partial charge is 0.394 e. The Balaban J connectivity index is 1.21. The minimum atomic E-state index is -5.27. The average Bonchev–Trinajstić information content (AvgIpc) is 3.76. The number of hydrogen-bond acceptors (Lipinski definition) is 16. The van der Waals surface area contributed by atoms with Crippen LogP contribution in [0.5, 0.6) is 0 Å². The summed E-state index contributed by atoms with van der Waals surface area (Å²) < 4.78 is 84.3. The number of alkyl halides is 2. The zero-order valence-electron chi connectivity index (χ0n) is 23.1. The molecule has 6 unspecified atom stereocenters.